The van der Waals surface area contributed by atoms with E-state index in [0.29, 0.717) is 17.3 Å². The van der Waals surface area contributed by atoms with Crippen molar-refractivity contribution in [2.45, 2.75) is 130 Å². The number of aliphatic hydroxyl groups is 2. The minimum absolute atomic E-state index is 0.284. The third-order valence-corrected chi connectivity index (χ3v) is 9.81. The quantitative estimate of drug-likeness (QED) is 0.471. The van der Waals surface area contributed by atoms with Crippen LogP contribution < -0.4 is 0 Å². The van der Waals surface area contributed by atoms with Gasteiger partial charge in [0.05, 0.1) is 11.2 Å². The molecule has 2 N–H and O–H groups in total. The fourth-order valence-electron chi connectivity index (χ4n) is 7.69. The van der Waals surface area contributed by atoms with Crippen LogP contribution in [0.2, 0.25) is 0 Å². The summed E-state index contributed by atoms with van der Waals surface area (Å²) in [6.45, 7) is 16.0. The van der Waals surface area contributed by atoms with Crippen LogP contribution in [-0.4, -0.2) is 21.4 Å². The first-order valence-corrected chi connectivity index (χ1v) is 12.9. The molecule has 0 amide bonds. The Bertz CT molecular complexity index is 627. The first kappa shape index (κ1) is 24.3. The maximum Gasteiger partial charge on any atom is 0.0657 e. The Morgan fingerprint density at radius 3 is 2.47 bits per heavy atom. The second kappa shape index (κ2) is 8.54. The molecule has 2 heteroatoms. The van der Waals surface area contributed by atoms with E-state index < -0.39 is 11.2 Å². The van der Waals surface area contributed by atoms with Gasteiger partial charge in [-0.05, 0) is 119 Å². The van der Waals surface area contributed by atoms with Gasteiger partial charge in [-0.25, -0.2) is 0 Å². The molecule has 0 aromatic rings. The van der Waals surface area contributed by atoms with Crippen molar-refractivity contribution < 1.29 is 10.2 Å². The summed E-state index contributed by atoms with van der Waals surface area (Å²) in [5, 5.41) is 21.0. The molecule has 0 aromatic heterocycles. The maximum absolute atomic E-state index is 10.7. The Labute approximate surface area is 186 Å². The number of fused-ring (bicyclic) bond motifs is 2. The van der Waals surface area contributed by atoms with Crippen LogP contribution in [0.25, 0.3) is 0 Å². The molecule has 174 valence electrons. The van der Waals surface area contributed by atoms with Crippen LogP contribution in [0.5, 0.6) is 0 Å². The Balaban J connectivity index is 1.80. The van der Waals surface area contributed by atoms with Gasteiger partial charge in [0, 0.05) is 0 Å². The zero-order valence-electron chi connectivity index (χ0n) is 21.1. The molecule has 2 fully saturated rings. The molecule has 2 saturated carbocycles. The number of hydrogen-bond donors (Lipinski definition) is 2. The van der Waals surface area contributed by atoms with E-state index in [1.54, 1.807) is 5.57 Å². The normalized spacial score (nSPS) is 44.0. The minimum atomic E-state index is -0.547. The largest absolute Gasteiger partial charge is 0.390 e. The minimum Gasteiger partial charge on any atom is -0.390 e. The second-order valence-corrected chi connectivity index (χ2v) is 13.2. The topological polar surface area (TPSA) is 40.5 Å². The number of rotatable bonds is 4. The Kier molecular flexibility index (Phi) is 6.92. The first-order chi connectivity index (χ1) is 13.8. The van der Waals surface area contributed by atoms with E-state index in [2.05, 4.69) is 33.8 Å². The van der Waals surface area contributed by atoms with Gasteiger partial charge in [0.2, 0.25) is 0 Å². The zero-order chi connectivity index (χ0) is 22.4. The Morgan fingerprint density at radius 2 is 1.80 bits per heavy atom. The van der Waals surface area contributed by atoms with E-state index in [9.17, 15) is 10.2 Å². The summed E-state index contributed by atoms with van der Waals surface area (Å²) in [6, 6.07) is 0. The van der Waals surface area contributed by atoms with Crippen LogP contribution in [0.1, 0.15) is 119 Å². The van der Waals surface area contributed by atoms with Crippen molar-refractivity contribution in [1.82, 2.24) is 0 Å². The van der Waals surface area contributed by atoms with Gasteiger partial charge >= 0.3 is 0 Å². The fraction of sp³-hybridized carbons (Fsp3) is 0.929. The van der Waals surface area contributed by atoms with Crippen LogP contribution in [0.3, 0.4) is 0 Å². The lowest BCUT2D eigenvalue weighted by atomic mass is 9.59. The van der Waals surface area contributed by atoms with Crippen LogP contribution in [0.15, 0.2) is 11.6 Å². The molecule has 0 bridgehead atoms. The lowest BCUT2D eigenvalue weighted by Crippen LogP contribution is -2.39. The molecule has 3 rings (SSSR count). The molecule has 3 aliphatic carbocycles. The van der Waals surface area contributed by atoms with Crippen molar-refractivity contribution in [2.24, 2.45) is 34.5 Å². The second-order valence-electron chi connectivity index (χ2n) is 13.2. The van der Waals surface area contributed by atoms with Gasteiger partial charge in [0.25, 0.3) is 0 Å². The highest BCUT2D eigenvalue weighted by molar-refractivity contribution is 5.20. The third kappa shape index (κ3) is 5.17. The summed E-state index contributed by atoms with van der Waals surface area (Å²) in [7, 11) is 0. The molecule has 3 aliphatic rings. The van der Waals surface area contributed by atoms with Gasteiger partial charge in [0.1, 0.15) is 0 Å². The van der Waals surface area contributed by atoms with Crippen molar-refractivity contribution in [3.05, 3.63) is 11.6 Å². The maximum atomic E-state index is 10.7. The summed E-state index contributed by atoms with van der Waals surface area (Å²) in [5.41, 5.74) is 1.20. The van der Waals surface area contributed by atoms with Crippen LogP contribution in [-0.2, 0) is 0 Å². The summed E-state index contributed by atoms with van der Waals surface area (Å²) < 4.78 is 0. The Hall–Kier alpha value is -0.340. The summed E-state index contributed by atoms with van der Waals surface area (Å²) >= 11 is 0. The average molecular weight is 419 g/mol. The van der Waals surface area contributed by atoms with E-state index >= 15 is 0 Å². The van der Waals surface area contributed by atoms with Gasteiger partial charge in [0.15, 0.2) is 0 Å². The van der Waals surface area contributed by atoms with Crippen LogP contribution in [0, 0.1) is 34.5 Å². The highest BCUT2D eigenvalue weighted by Crippen LogP contribution is 2.59. The van der Waals surface area contributed by atoms with Gasteiger partial charge in [-0.2, -0.15) is 0 Å². The molecular formula is C28H50O2. The summed E-state index contributed by atoms with van der Waals surface area (Å²) in [5.74, 6) is 2.99. The monoisotopic (exact) mass is 418 g/mol. The molecule has 0 aromatic carbocycles. The summed E-state index contributed by atoms with van der Waals surface area (Å²) in [4.78, 5) is 0. The molecule has 0 spiro atoms. The van der Waals surface area contributed by atoms with Crippen molar-refractivity contribution >= 4 is 0 Å². The zero-order valence-corrected chi connectivity index (χ0v) is 21.1. The average Bonchev–Trinajstić information content (AvgIpc) is 2.96. The number of hydrogen-bond acceptors (Lipinski definition) is 2. The van der Waals surface area contributed by atoms with Crippen molar-refractivity contribution in [3.63, 3.8) is 0 Å². The fourth-order valence-corrected chi connectivity index (χ4v) is 7.69. The molecule has 0 heterocycles. The third-order valence-electron chi connectivity index (χ3n) is 9.81. The van der Waals surface area contributed by atoms with E-state index in [1.165, 1.54) is 38.5 Å². The standard InChI is InChI=1S/C28H50O2/c1-20-9-10-22-19-27(6,30)18-17-26(22,5)14-8-15-28(7)23(20)11-12-24(28)21(2)13-16-25(3,4)29/h10,20-21,23-24,29-30H,8-9,11-19H2,1-7H3. The highest BCUT2D eigenvalue weighted by atomic mass is 16.3. The summed E-state index contributed by atoms with van der Waals surface area (Å²) in [6.07, 6.45) is 15.4. The van der Waals surface area contributed by atoms with Gasteiger partial charge in [-0.3, -0.25) is 0 Å². The first-order valence-electron chi connectivity index (χ1n) is 12.9. The molecule has 7 unspecified atom stereocenters. The lowest BCUT2D eigenvalue weighted by Gasteiger charge is -2.47. The molecule has 0 radical (unpaired) electrons. The molecule has 2 nitrogen and oxygen atoms in total. The van der Waals surface area contributed by atoms with E-state index in [1.807, 2.05) is 20.8 Å². The van der Waals surface area contributed by atoms with Crippen LogP contribution >= 0.6 is 0 Å². The molecule has 30 heavy (non-hydrogen) atoms. The van der Waals surface area contributed by atoms with Crippen LogP contribution in [0.4, 0.5) is 0 Å². The van der Waals surface area contributed by atoms with E-state index in [4.69, 9.17) is 0 Å². The SMILES string of the molecule is CC1CC=C2CC(C)(O)CCC2(C)CCCC2(C)C1CCC2C(C)CCC(C)(C)O. The van der Waals surface area contributed by atoms with Gasteiger partial charge < -0.3 is 10.2 Å². The smallest absolute Gasteiger partial charge is 0.0657 e. The molecule has 0 aliphatic heterocycles. The molecular weight excluding hydrogens is 368 g/mol. The van der Waals surface area contributed by atoms with E-state index in [-0.39, 0.29) is 5.41 Å². The van der Waals surface area contributed by atoms with Gasteiger partial charge in [-0.15, -0.1) is 0 Å². The van der Waals surface area contributed by atoms with Crippen molar-refractivity contribution in [2.75, 3.05) is 0 Å². The van der Waals surface area contributed by atoms with E-state index in [0.717, 1.165) is 43.9 Å². The Morgan fingerprint density at radius 1 is 1.10 bits per heavy atom. The molecule has 0 saturated heterocycles. The van der Waals surface area contributed by atoms with Gasteiger partial charge in [-0.1, -0.05) is 45.8 Å². The predicted molar refractivity (Wildman–Crippen MR) is 127 cm³/mol. The lowest BCUT2D eigenvalue weighted by molar-refractivity contribution is 0.00715. The predicted octanol–water partition coefficient (Wildman–Crippen LogP) is 7.28. The molecule has 7 atom stereocenters. The highest BCUT2D eigenvalue weighted by Gasteiger charge is 2.50. The number of allylic oxidation sites excluding steroid dienone is 1. The van der Waals surface area contributed by atoms with Crippen molar-refractivity contribution in [1.29, 1.82) is 0 Å². The van der Waals surface area contributed by atoms with Crippen molar-refractivity contribution in [3.8, 4) is 0 Å².